The number of hydrogen-bond acceptors (Lipinski definition) is 6. The zero-order valence-corrected chi connectivity index (χ0v) is 21.3. The Morgan fingerprint density at radius 3 is 2.47 bits per heavy atom. The van der Waals surface area contributed by atoms with E-state index in [-0.39, 0.29) is 5.91 Å². The SMILES string of the molecule is COc1ccc(CCn2nc(C(=O)NC3CC3)c3c2CCN(Cc2ccc(OC)cc2OC)C3)cc1. The number of nitrogens with one attached hydrogen (secondary N) is 1. The van der Waals surface area contributed by atoms with Crippen LogP contribution in [-0.4, -0.2) is 54.5 Å². The maximum Gasteiger partial charge on any atom is 0.272 e. The molecular formula is C28H34N4O4. The lowest BCUT2D eigenvalue weighted by atomic mass is 10.0. The van der Waals surface area contributed by atoms with E-state index in [2.05, 4.69) is 22.3 Å². The second-order valence-electron chi connectivity index (χ2n) is 9.48. The third-order valence-corrected chi connectivity index (χ3v) is 7.00. The van der Waals surface area contributed by atoms with Gasteiger partial charge in [-0.1, -0.05) is 18.2 Å². The van der Waals surface area contributed by atoms with Crippen molar-refractivity contribution in [2.75, 3.05) is 27.9 Å². The number of amides is 1. The zero-order chi connectivity index (χ0) is 25.1. The highest BCUT2D eigenvalue weighted by Gasteiger charge is 2.31. The van der Waals surface area contributed by atoms with Crippen molar-refractivity contribution in [3.63, 3.8) is 0 Å². The van der Waals surface area contributed by atoms with Crippen LogP contribution < -0.4 is 19.5 Å². The number of aryl methyl sites for hydroxylation is 2. The molecule has 0 radical (unpaired) electrons. The fourth-order valence-electron chi connectivity index (χ4n) is 4.78. The summed E-state index contributed by atoms with van der Waals surface area (Å²) in [5.74, 6) is 2.37. The highest BCUT2D eigenvalue weighted by Crippen LogP contribution is 2.30. The van der Waals surface area contributed by atoms with Crippen molar-refractivity contribution >= 4 is 5.91 Å². The Bertz CT molecular complexity index is 1220. The quantitative estimate of drug-likeness (QED) is 0.468. The van der Waals surface area contributed by atoms with Gasteiger partial charge in [-0.25, -0.2) is 0 Å². The fraction of sp³-hybridized carbons (Fsp3) is 0.429. The van der Waals surface area contributed by atoms with Crippen LogP contribution in [0, 0.1) is 0 Å². The summed E-state index contributed by atoms with van der Waals surface area (Å²) in [6.45, 7) is 3.03. The molecule has 1 saturated carbocycles. The van der Waals surface area contributed by atoms with Crippen molar-refractivity contribution in [2.24, 2.45) is 0 Å². The fourth-order valence-corrected chi connectivity index (χ4v) is 4.78. The summed E-state index contributed by atoms with van der Waals surface area (Å²) >= 11 is 0. The molecule has 36 heavy (non-hydrogen) atoms. The van der Waals surface area contributed by atoms with Crippen molar-refractivity contribution < 1.29 is 19.0 Å². The number of benzene rings is 2. The van der Waals surface area contributed by atoms with Crippen LogP contribution in [0.3, 0.4) is 0 Å². The number of ether oxygens (including phenoxy) is 3. The van der Waals surface area contributed by atoms with Gasteiger partial charge in [-0.2, -0.15) is 5.10 Å². The molecule has 0 bridgehead atoms. The van der Waals surface area contributed by atoms with Gasteiger partial charge in [0.15, 0.2) is 5.69 Å². The monoisotopic (exact) mass is 490 g/mol. The highest BCUT2D eigenvalue weighted by molar-refractivity contribution is 5.94. The van der Waals surface area contributed by atoms with Crippen molar-refractivity contribution in [1.29, 1.82) is 0 Å². The lowest BCUT2D eigenvalue weighted by Gasteiger charge is -2.28. The van der Waals surface area contributed by atoms with Gasteiger partial charge in [-0.3, -0.25) is 14.4 Å². The van der Waals surface area contributed by atoms with Crippen molar-refractivity contribution in [2.45, 2.75) is 51.4 Å². The molecule has 8 heteroatoms. The summed E-state index contributed by atoms with van der Waals surface area (Å²) in [6, 6.07) is 14.3. The van der Waals surface area contributed by atoms with E-state index < -0.39 is 0 Å². The van der Waals surface area contributed by atoms with E-state index in [4.69, 9.17) is 19.3 Å². The van der Waals surface area contributed by atoms with Gasteiger partial charge in [0.2, 0.25) is 0 Å². The summed E-state index contributed by atoms with van der Waals surface area (Å²) in [6.07, 6.45) is 3.79. The molecule has 1 amide bonds. The summed E-state index contributed by atoms with van der Waals surface area (Å²) in [5.41, 5.74) is 5.09. The van der Waals surface area contributed by atoms with Crippen LogP contribution in [0.25, 0.3) is 0 Å². The zero-order valence-electron chi connectivity index (χ0n) is 21.3. The molecule has 1 aliphatic carbocycles. The first-order chi connectivity index (χ1) is 17.6. The highest BCUT2D eigenvalue weighted by atomic mass is 16.5. The van der Waals surface area contributed by atoms with Crippen LogP contribution in [0.1, 0.15) is 45.7 Å². The third kappa shape index (κ3) is 5.33. The van der Waals surface area contributed by atoms with E-state index in [9.17, 15) is 4.79 Å². The largest absolute Gasteiger partial charge is 0.497 e. The van der Waals surface area contributed by atoms with Crippen LogP contribution in [-0.2, 0) is 32.5 Å². The molecule has 1 N–H and O–H groups in total. The predicted molar refractivity (Wildman–Crippen MR) is 137 cm³/mol. The summed E-state index contributed by atoms with van der Waals surface area (Å²) in [7, 11) is 5.01. The second kappa shape index (κ2) is 10.6. The Morgan fingerprint density at radius 1 is 1.03 bits per heavy atom. The van der Waals surface area contributed by atoms with E-state index in [0.29, 0.717) is 18.3 Å². The number of aromatic nitrogens is 2. The maximum atomic E-state index is 13.1. The molecule has 3 aromatic rings. The van der Waals surface area contributed by atoms with Gasteiger partial charge in [0.25, 0.3) is 5.91 Å². The molecule has 1 aromatic heterocycles. The molecule has 5 rings (SSSR count). The van der Waals surface area contributed by atoms with Crippen LogP contribution in [0.5, 0.6) is 17.2 Å². The molecule has 0 unspecified atom stereocenters. The number of rotatable bonds is 10. The van der Waals surface area contributed by atoms with Crippen LogP contribution in [0.15, 0.2) is 42.5 Å². The van der Waals surface area contributed by atoms with Gasteiger partial charge in [0, 0.05) is 61.5 Å². The van der Waals surface area contributed by atoms with Gasteiger partial charge >= 0.3 is 0 Å². The number of hydrogen-bond donors (Lipinski definition) is 1. The molecule has 1 aliphatic heterocycles. The van der Waals surface area contributed by atoms with Crippen molar-refractivity contribution in [3.05, 3.63) is 70.5 Å². The minimum absolute atomic E-state index is 0.0548. The van der Waals surface area contributed by atoms with Crippen molar-refractivity contribution in [1.82, 2.24) is 20.0 Å². The van der Waals surface area contributed by atoms with Crippen molar-refractivity contribution in [3.8, 4) is 17.2 Å². The topological polar surface area (TPSA) is 77.9 Å². The minimum Gasteiger partial charge on any atom is -0.497 e. The Hall–Kier alpha value is -3.52. The van der Waals surface area contributed by atoms with E-state index in [1.807, 2.05) is 35.0 Å². The smallest absolute Gasteiger partial charge is 0.272 e. The van der Waals surface area contributed by atoms with Crippen LogP contribution in [0.4, 0.5) is 0 Å². The Morgan fingerprint density at radius 2 is 1.78 bits per heavy atom. The Labute approximate surface area is 212 Å². The minimum atomic E-state index is -0.0548. The average Bonchev–Trinajstić information content (AvgIpc) is 3.66. The van der Waals surface area contributed by atoms with E-state index in [1.54, 1.807) is 21.3 Å². The maximum absolute atomic E-state index is 13.1. The van der Waals surface area contributed by atoms with E-state index in [1.165, 1.54) is 11.3 Å². The standard InChI is InChI=1S/C28H34N4O4/c1-34-22-9-4-19(5-10-22)12-15-32-25-13-14-31(17-20-6-11-23(35-2)16-26(20)36-3)18-24(25)27(30-32)28(33)29-21-7-8-21/h4-6,9-11,16,21H,7-8,12-15,17-18H2,1-3H3,(H,29,33). The third-order valence-electron chi connectivity index (χ3n) is 7.00. The molecule has 0 saturated heterocycles. The Balaban J connectivity index is 1.35. The molecule has 190 valence electrons. The van der Waals surface area contributed by atoms with E-state index >= 15 is 0 Å². The molecule has 8 nitrogen and oxygen atoms in total. The molecule has 2 aliphatic rings. The first kappa shape index (κ1) is 24.2. The summed E-state index contributed by atoms with van der Waals surface area (Å²) in [5, 5.41) is 7.97. The van der Waals surface area contributed by atoms with Gasteiger partial charge < -0.3 is 19.5 Å². The number of fused-ring (bicyclic) bond motifs is 1. The molecule has 2 heterocycles. The summed E-state index contributed by atoms with van der Waals surface area (Å²) in [4.78, 5) is 15.5. The first-order valence-corrected chi connectivity index (χ1v) is 12.5. The lowest BCUT2D eigenvalue weighted by molar-refractivity contribution is 0.0942. The molecule has 2 aromatic carbocycles. The van der Waals surface area contributed by atoms with Crippen LogP contribution >= 0.6 is 0 Å². The second-order valence-corrected chi connectivity index (χ2v) is 9.48. The Kier molecular flexibility index (Phi) is 7.13. The molecular weight excluding hydrogens is 456 g/mol. The van der Waals surface area contributed by atoms with Crippen LogP contribution in [0.2, 0.25) is 0 Å². The van der Waals surface area contributed by atoms with E-state index in [0.717, 1.165) is 73.7 Å². The predicted octanol–water partition coefficient (Wildman–Crippen LogP) is 3.60. The number of nitrogens with zero attached hydrogens (tertiary/aromatic N) is 3. The molecule has 0 atom stereocenters. The number of carbonyl (C=O) groups is 1. The lowest BCUT2D eigenvalue weighted by Crippen LogP contribution is -2.33. The number of methoxy groups -OCH3 is 3. The first-order valence-electron chi connectivity index (χ1n) is 12.5. The normalized spacial score (nSPS) is 15.3. The summed E-state index contributed by atoms with van der Waals surface area (Å²) < 4.78 is 18.3. The van der Waals surface area contributed by atoms with Gasteiger partial charge in [0.1, 0.15) is 17.2 Å². The molecule has 0 spiro atoms. The average molecular weight is 491 g/mol. The molecule has 1 fully saturated rings. The van der Waals surface area contributed by atoms with Gasteiger partial charge in [0.05, 0.1) is 21.3 Å². The van der Waals surface area contributed by atoms with Gasteiger partial charge in [-0.05, 0) is 43.0 Å². The van der Waals surface area contributed by atoms with Gasteiger partial charge in [-0.15, -0.1) is 0 Å². The number of carbonyl (C=O) groups excluding carboxylic acids is 1.